The van der Waals surface area contributed by atoms with E-state index in [0.29, 0.717) is 90.7 Å². The van der Waals surface area contributed by atoms with Gasteiger partial charge in [0.15, 0.2) is 18.4 Å². The number of carbonyl (C=O) groups is 1. The van der Waals surface area contributed by atoms with Crippen molar-refractivity contribution >= 4 is 113 Å². The summed E-state index contributed by atoms with van der Waals surface area (Å²) in [6.45, 7) is 70.9. The van der Waals surface area contributed by atoms with Crippen molar-refractivity contribution < 1.29 is 127 Å². The molecule has 0 amide bonds. The van der Waals surface area contributed by atoms with Gasteiger partial charge in [-0.15, -0.1) is 34.4 Å². The monoisotopic (exact) mass is 2390 g/mol. The Morgan fingerprint density at radius 2 is 0.748 bits per heavy atom. The molecule has 147 heavy (non-hydrogen) atoms. The molecule has 3 saturated heterocycles. The molecule has 3 aromatic rings. The van der Waals surface area contributed by atoms with E-state index in [2.05, 4.69) is 322 Å². The predicted octanol–water partition coefficient (Wildman–Crippen LogP) is 25.4. The van der Waals surface area contributed by atoms with E-state index < -0.39 is 140 Å². The molecule has 3 aliphatic heterocycles. The maximum atomic E-state index is 12.9. The maximum absolute atomic E-state index is 12.9. The number of oxazole rings is 3. The van der Waals surface area contributed by atoms with Crippen molar-refractivity contribution in [3.8, 4) is 46.2 Å². The number of allylic oxidation sites excluding steroid dienone is 6. The molecule has 3 N–H and O–H groups in total. The molecule has 0 aromatic carbocycles. The third-order valence-electron chi connectivity index (χ3n) is 26.5. The fraction of sp³-hybridized carbons (Fsp3) is 0.736. The molecule has 3 aromatic heterocycles. The van der Waals surface area contributed by atoms with Gasteiger partial charge in [-0.05, 0) is 85.1 Å². The first kappa shape index (κ1) is 137. The number of ether oxygens (including phenoxy) is 6. The van der Waals surface area contributed by atoms with Crippen molar-refractivity contribution in [2.24, 2.45) is 17.8 Å². The van der Waals surface area contributed by atoms with Gasteiger partial charge in [0.2, 0.25) is 22.5 Å². The number of hydrogen-bond donors (Lipinski definition) is 3. The smallest absolute Gasteiger partial charge is 0.445 e. The quantitative estimate of drug-likeness (QED) is 0.00691. The molecular weight excluding hydrogens is 2210 g/mol. The summed E-state index contributed by atoms with van der Waals surface area (Å²) in [6.07, 6.45) is 25.2. The second-order valence-corrected chi connectivity index (χ2v) is 95.2. The summed E-state index contributed by atoms with van der Waals surface area (Å²) in [7, 11) is -17.8. The number of hydrogen-bond acceptors (Lipinski definition) is 25. The van der Waals surface area contributed by atoms with Gasteiger partial charge in [0.25, 0.3) is 11.8 Å². The molecule has 3 aliphatic rings. The van der Waals surface area contributed by atoms with E-state index in [1.54, 1.807) is 21.3 Å². The van der Waals surface area contributed by atoms with Gasteiger partial charge in [0, 0.05) is 53.8 Å². The van der Waals surface area contributed by atoms with Crippen molar-refractivity contribution in [1.82, 2.24) is 15.0 Å². The number of aliphatic hydroxyl groups excluding tert-OH is 3. The van der Waals surface area contributed by atoms with Crippen LogP contribution in [-0.2, 0) is 84.9 Å². The average molecular weight is 2390 g/mol. The van der Waals surface area contributed by atoms with Crippen molar-refractivity contribution in [2.45, 2.75) is 436 Å². The Bertz CT molecular complexity index is 5110. The number of methoxy groups -OCH3 is 3. The fourth-order valence-electron chi connectivity index (χ4n) is 19.9. The van der Waals surface area contributed by atoms with Crippen LogP contribution in [0.25, 0.3) is 0 Å². The summed E-state index contributed by atoms with van der Waals surface area (Å²) in [5.74, 6) is 8.55. The molecule has 0 radical (unpaired) electrons. The molecule has 14 atom stereocenters. The molecule has 840 valence electrons. The van der Waals surface area contributed by atoms with Gasteiger partial charge in [-0.1, -0.05) is 206 Å². The third kappa shape index (κ3) is 44.2. The number of nitrogens with zero attached hydrogens (tertiary/aromatic N) is 3. The Labute approximate surface area is 896 Å². The summed E-state index contributed by atoms with van der Waals surface area (Å²) in [4.78, 5) is 31.5. The second-order valence-electron chi connectivity index (χ2n) is 46.8. The topological polar surface area (TPSA) is 326 Å². The normalized spacial score (nSPS) is 21.6. The number of aliphatic hydroxyl groups is 3. The van der Waals surface area contributed by atoms with Crippen molar-refractivity contribution in [1.29, 1.82) is 0 Å². The Morgan fingerprint density at radius 1 is 0.469 bits per heavy atom. The summed E-state index contributed by atoms with van der Waals surface area (Å²) >= 11 is 0.540. The van der Waals surface area contributed by atoms with Crippen LogP contribution in [0.5, 0.6) is 11.8 Å². The number of aromatic nitrogens is 3. The number of alkyl halides is 7. The number of rotatable bonds is 46. The summed E-state index contributed by atoms with van der Waals surface area (Å²) in [5.41, 5.74) is 4.01. The first-order valence-electron chi connectivity index (χ1n) is 51.5. The zero-order valence-corrected chi connectivity index (χ0v) is 107. The average Bonchev–Trinajstić information content (AvgIpc) is 1.40. The minimum absolute atomic E-state index is 0.00220. The van der Waals surface area contributed by atoms with Gasteiger partial charge < -0.3 is 59.9 Å². The Morgan fingerprint density at radius 3 is 1.01 bits per heavy atom. The van der Waals surface area contributed by atoms with Crippen LogP contribution in [0.15, 0.2) is 103 Å². The SMILES string of the molecule is CO[C@@H](/C=C/C(C)=C/[C@@H](O[Si](C(C)C)(C(C)C)C(C)C)[C@H]1C[C@@H](CO)CC(=O)O1)CC#C[Si](C)(C)C.CO[C@@H](/C=C/C(C)=C/[C@@H](O[Si](C(C)C)(C(C)C)C(C)C)[C@H]1C[C@@H](CO)C[C@@](C)(Cc2n[c]([Sn]([CH3])([CH3])[CH3])co2)O1)CC#C[Si](C)(C)C.CO[C@@H](/C=C/C(C)=C/[C@@H](O[Si](C(C)C)(C(C)C)C(C)C)[C@H]1C[C@@H](CO)C[C@@](C)(Cc2nc(OS(=O)(=O)C(F)(F)F)co2)O1)CC#C[Si](C)(C)C.O=S(=O)(Oc1coc(CBr)n1)C(F)(F)F. The molecule has 41 heteroatoms. The van der Waals surface area contributed by atoms with Gasteiger partial charge in [-0.3, -0.25) is 4.79 Å². The molecule has 6 heterocycles. The molecule has 6 rings (SSSR count). The molecule has 0 unspecified atom stereocenters. The van der Waals surface area contributed by atoms with E-state index in [-0.39, 0.29) is 127 Å². The van der Waals surface area contributed by atoms with Crippen molar-refractivity contribution in [3.63, 3.8) is 0 Å². The summed E-state index contributed by atoms with van der Waals surface area (Å²) in [5, 5.41) is 30.8. The second kappa shape index (κ2) is 59.5. The predicted molar refractivity (Wildman–Crippen MR) is 596 cm³/mol. The minimum Gasteiger partial charge on any atom is -0.445 e. The first-order chi connectivity index (χ1) is 67.4. The largest absolute Gasteiger partial charge is 0.534 e. The molecule has 0 bridgehead atoms. The van der Waals surface area contributed by atoms with Crippen LogP contribution in [-0.4, -0.2) is 239 Å². The van der Waals surface area contributed by atoms with E-state index in [0.717, 1.165) is 39.2 Å². The molecular formula is C106H180BrF6N3O22S2Si6Sn. The Kier molecular flexibility index (Phi) is 55.3. The van der Waals surface area contributed by atoms with Crippen molar-refractivity contribution in [2.75, 3.05) is 41.2 Å². The van der Waals surface area contributed by atoms with Gasteiger partial charge in [-0.25, -0.2) is 0 Å². The number of esters is 1. The minimum atomic E-state index is -5.92. The Hall–Kier alpha value is -4.56. The summed E-state index contributed by atoms with van der Waals surface area (Å²) in [6, 6.07) is 0. The van der Waals surface area contributed by atoms with Crippen LogP contribution in [0.2, 0.25) is 124 Å². The van der Waals surface area contributed by atoms with Crippen LogP contribution in [0.1, 0.15) is 235 Å². The van der Waals surface area contributed by atoms with Crippen LogP contribution < -0.4 is 12.1 Å². The third-order valence-corrected chi connectivity index (χ3v) is 55.0. The number of halogens is 7. The van der Waals surface area contributed by atoms with E-state index in [9.17, 15) is 63.3 Å². The van der Waals surface area contributed by atoms with E-state index in [1.165, 1.54) is 0 Å². The molecule has 0 spiro atoms. The van der Waals surface area contributed by atoms with Crippen LogP contribution in [0, 0.1) is 52.1 Å². The number of cyclic esters (lactones) is 1. The van der Waals surface area contributed by atoms with Gasteiger partial charge >= 0.3 is 264 Å². The van der Waals surface area contributed by atoms with Gasteiger partial charge in [0.05, 0.1) is 54.3 Å². The van der Waals surface area contributed by atoms with E-state index in [4.69, 9.17) is 55.5 Å². The zero-order valence-electron chi connectivity index (χ0n) is 95.1. The van der Waals surface area contributed by atoms with Crippen LogP contribution >= 0.6 is 15.9 Å². The Balaban J connectivity index is 0.000000532. The number of carbonyl (C=O) groups excluding carboxylic acids is 1. The molecule has 25 nitrogen and oxygen atoms in total. The van der Waals surface area contributed by atoms with E-state index in [1.807, 2.05) is 45.3 Å². The summed E-state index contributed by atoms with van der Waals surface area (Å²) < 4.78 is 202. The van der Waals surface area contributed by atoms with Crippen molar-refractivity contribution in [3.05, 3.63) is 108 Å². The van der Waals surface area contributed by atoms with Crippen LogP contribution in [0.3, 0.4) is 0 Å². The standard InChI is InChI=1S/C35H58F3NO8SSi2.C34H58NO5Si2.C29H52O5Si2.C5H3BrF3NO4S.3CH3.Sn/c1-24(2)50(25(3)4,26(5)6)47-31(18-27(7)15-16-29(43-9)14-13-17-49(10,11)12)30-19-28(22-40)20-34(8,45-30)21-32-39-33(23-44-32)46-48(41,42)35(36,37)38;1-25(2)42(26(3)4,27(5)6)40-32(20-28(7)15-16-30(37-9)14-13-19-41(10,11)12)31-21-29(24-36)22-34(8,39-31)23-33-35-17-18-38-33;1-21(2)36(22(3)4,23(5)6)34-28(27-18-25(20-30)19-29(31)33-27)17-24(7)14-15-26(32-8)13-12-16-35(9,10)11;6-1-3-10-4(2-13-3)14-15(11,12)5(7,8)9;;;;/h15-16,18,23-26,28-31,40H,14,19-22H2,1-12H3;15-16,18,20,25-27,29-32,36H,14,21-24H2,1-12H3;14-15,17,21-23,25-28,30H,13,18-20H2,1-11H3;2H,1H2;3*1H3;/b16-15+,27-18+;16-15+,28-20+;15-14+,24-17+;;;;;/t28-,29-,30-,31-,34+;29-,30-,31-,32-,34+;25-,26-,27-,28-;;;;;/m111...../s1. The molecule has 0 saturated carbocycles. The zero-order chi connectivity index (χ0) is 113. The van der Waals surface area contributed by atoms with Gasteiger partial charge in [-0.2, -0.15) is 53.1 Å². The fourth-order valence-corrected chi connectivity index (χ4v) is 41.8. The maximum Gasteiger partial charge on any atom is 0.534 e. The first-order valence-corrected chi connectivity index (χ1v) is 82.3. The molecule has 0 aliphatic carbocycles. The van der Waals surface area contributed by atoms with E-state index >= 15 is 0 Å². The van der Waals surface area contributed by atoms with Crippen LogP contribution in [0.4, 0.5) is 26.3 Å². The molecule has 3 fully saturated rings. The van der Waals surface area contributed by atoms with Gasteiger partial charge in [0.1, 0.15) is 36.4 Å².